The summed E-state index contributed by atoms with van der Waals surface area (Å²) in [4.78, 5) is 17.7. The van der Waals surface area contributed by atoms with Crippen LogP contribution in [0.15, 0.2) is 24.3 Å². The molecule has 23 heavy (non-hydrogen) atoms. The Morgan fingerprint density at radius 2 is 2.30 bits per heavy atom. The van der Waals surface area contributed by atoms with Gasteiger partial charge in [-0.25, -0.2) is 4.79 Å². The van der Waals surface area contributed by atoms with E-state index in [1.165, 1.54) is 0 Å². The van der Waals surface area contributed by atoms with Crippen LogP contribution in [0, 0.1) is 6.92 Å². The summed E-state index contributed by atoms with van der Waals surface area (Å²) in [5.74, 6) is 0. The quantitative estimate of drug-likeness (QED) is 0.906. The predicted molar refractivity (Wildman–Crippen MR) is 90.4 cm³/mol. The summed E-state index contributed by atoms with van der Waals surface area (Å²) < 4.78 is 5.35. The number of rotatable bonds is 4. The van der Waals surface area contributed by atoms with Crippen LogP contribution in [0.3, 0.4) is 0 Å². The predicted octanol–water partition coefficient (Wildman–Crippen LogP) is 3.25. The van der Waals surface area contributed by atoms with Gasteiger partial charge in [0.05, 0.1) is 18.2 Å². The van der Waals surface area contributed by atoms with E-state index in [1.54, 1.807) is 19.2 Å². The summed E-state index contributed by atoms with van der Waals surface area (Å²) in [7, 11) is 1.73. The van der Waals surface area contributed by atoms with Crippen molar-refractivity contribution in [3.05, 3.63) is 30.0 Å². The molecule has 1 saturated heterocycles. The third kappa shape index (κ3) is 3.22. The Balaban J connectivity index is 2.04. The minimum Gasteiger partial charge on any atom is -0.465 e. The van der Waals surface area contributed by atoms with Crippen LogP contribution in [0.4, 0.5) is 16.2 Å². The second-order valence-electron chi connectivity index (χ2n) is 5.89. The SMILES string of the molecule is COC[C@@H]1CCCN1c1cc(C)nc2cc(NC(=O)O)ccc12. The summed E-state index contributed by atoms with van der Waals surface area (Å²) >= 11 is 0. The van der Waals surface area contributed by atoms with Gasteiger partial charge in [0.15, 0.2) is 0 Å². The van der Waals surface area contributed by atoms with Gasteiger partial charge in [-0.05, 0) is 44.0 Å². The molecule has 1 aromatic heterocycles. The highest BCUT2D eigenvalue weighted by atomic mass is 16.5. The Labute approximate surface area is 135 Å². The van der Waals surface area contributed by atoms with Crippen LogP contribution in [-0.2, 0) is 4.74 Å². The Bertz CT molecular complexity index is 732. The van der Waals surface area contributed by atoms with Crippen LogP contribution in [0.5, 0.6) is 0 Å². The number of amides is 1. The fourth-order valence-corrected chi connectivity index (χ4v) is 3.30. The van der Waals surface area contributed by atoms with E-state index in [2.05, 4.69) is 21.3 Å². The summed E-state index contributed by atoms with van der Waals surface area (Å²) in [5, 5.41) is 12.3. The second-order valence-corrected chi connectivity index (χ2v) is 5.89. The standard InChI is InChI=1S/C17H21N3O3/c1-11-8-16(20-7-3-4-13(20)10-23-2)14-6-5-12(19-17(21)22)9-15(14)18-11/h5-6,8-9,13,19H,3-4,7,10H2,1-2H3,(H,21,22)/t13-/m0/s1. The maximum absolute atomic E-state index is 10.8. The average molecular weight is 315 g/mol. The van der Waals surface area contributed by atoms with E-state index >= 15 is 0 Å². The van der Waals surface area contributed by atoms with Crippen LogP contribution in [0.1, 0.15) is 18.5 Å². The maximum Gasteiger partial charge on any atom is 0.409 e. The van der Waals surface area contributed by atoms with Gasteiger partial charge in [0.25, 0.3) is 0 Å². The number of benzene rings is 1. The first kappa shape index (κ1) is 15.6. The molecular formula is C17H21N3O3. The first-order valence-electron chi connectivity index (χ1n) is 7.75. The highest BCUT2D eigenvalue weighted by molar-refractivity contribution is 5.96. The summed E-state index contributed by atoms with van der Waals surface area (Å²) in [6.07, 6.45) is 1.20. The molecule has 1 aliphatic heterocycles. The fraction of sp³-hybridized carbons (Fsp3) is 0.412. The lowest BCUT2D eigenvalue weighted by Gasteiger charge is -2.28. The van der Waals surface area contributed by atoms with Crippen molar-refractivity contribution in [3.8, 4) is 0 Å². The number of aromatic nitrogens is 1. The van der Waals surface area contributed by atoms with Gasteiger partial charge >= 0.3 is 6.09 Å². The lowest BCUT2D eigenvalue weighted by Crippen LogP contribution is -2.33. The summed E-state index contributed by atoms with van der Waals surface area (Å²) in [6, 6.07) is 7.96. The molecule has 0 spiro atoms. The fourth-order valence-electron chi connectivity index (χ4n) is 3.30. The van der Waals surface area contributed by atoms with E-state index in [9.17, 15) is 4.79 Å². The number of ether oxygens (including phenoxy) is 1. The highest BCUT2D eigenvalue weighted by Gasteiger charge is 2.26. The van der Waals surface area contributed by atoms with Gasteiger partial charge in [-0.15, -0.1) is 0 Å². The summed E-state index contributed by atoms with van der Waals surface area (Å²) in [6.45, 7) is 3.67. The van der Waals surface area contributed by atoms with Gasteiger partial charge in [0, 0.05) is 36.1 Å². The number of fused-ring (bicyclic) bond motifs is 1. The number of carbonyl (C=O) groups is 1. The Hall–Kier alpha value is -2.34. The lowest BCUT2D eigenvalue weighted by molar-refractivity contribution is 0.181. The van der Waals surface area contributed by atoms with Crippen LogP contribution < -0.4 is 10.2 Å². The van der Waals surface area contributed by atoms with E-state index in [0.717, 1.165) is 41.7 Å². The van der Waals surface area contributed by atoms with Gasteiger partial charge < -0.3 is 14.7 Å². The third-order valence-electron chi connectivity index (χ3n) is 4.21. The van der Waals surface area contributed by atoms with Gasteiger partial charge in [-0.2, -0.15) is 0 Å². The molecule has 0 radical (unpaired) electrons. The zero-order valence-corrected chi connectivity index (χ0v) is 13.4. The van der Waals surface area contributed by atoms with Crippen molar-refractivity contribution in [1.29, 1.82) is 0 Å². The molecule has 3 rings (SSSR count). The van der Waals surface area contributed by atoms with Crippen molar-refractivity contribution in [2.45, 2.75) is 25.8 Å². The van der Waals surface area contributed by atoms with Crippen LogP contribution >= 0.6 is 0 Å². The monoisotopic (exact) mass is 315 g/mol. The van der Waals surface area contributed by atoms with Gasteiger partial charge in [0.1, 0.15) is 0 Å². The van der Waals surface area contributed by atoms with E-state index in [1.807, 2.05) is 13.0 Å². The number of aryl methyl sites for hydroxylation is 1. The van der Waals surface area contributed by atoms with Crippen LogP contribution in [0.2, 0.25) is 0 Å². The van der Waals surface area contributed by atoms with Gasteiger partial charge in [0.2, 0.25) is 0 Å². The molecule has 6 nitrogen and oxygen atoms in total. The molecule has 1 aromatic carbocycles. The van der Waals surface area contributed by atoms with Crippen molar-refractivity contribution in [1.82, 2.24) is 4.98 Å². The smallest absolute Gasteiger partial charge is 0.409 e. The molecule has 1 amide bonds. The zero-order valence-electron chi connectivity index (χ0n) is 13.4. The molecule has 1 aliphatic rings. The Kier molecular flexibility index (Phi) is 4.34. The normalized spacial score (nSPS) is 17.7. The molecule has 2 aromatic rings. The van der Waals surface area contributed by atoms with Gasteiger partial charge in [-0.3, -0.25) is 10.3 Å². The molecule has 0 saturated carbocycles. The number of methoxy groups -OCH3 is 1. The van der Waals surface area contributed by atoms with Crippen molar-refractivity contribution in [3.63, 3.8) is 0 Å². The Morgan fingerprint density at radius 1 is 1.48 bits per heavy atom. The highest BCUT2D eigenvalue weighted by Crippen LogP contribution is 2.33. The van der Waals surface area contributed by atoms with E-state index in [0.29, 0.717) is 18.3 Å². The van der Waals surface area contributed by atoms with Crippen molar-refractivity contribution < 1.29 is 14.6 Å². The van der Waals surface area contributed by atoms with E-state index in [-0.39, 0.29) is 0 Å². The summed E-state index contributed by atoms with van der Waals surface area (Å²) in [5.41, 5.74) is 3.40. The number of nitrogens with one attached hydrogen (secondary N) is 1. The first-order valence-corrected chi connectivity index (χ1v) is 7.75. The number of anilines is 2. The van der Waals surface area contributed by atoms with Crippen molar-refractivity contribution in [2.75, 3.05) is 30.5 Å². The lowest BCUT2D eigenvalue weighted by atomic mass is 10.1. The molecule has 0 bridgehead atoms. The zero-order chi connectivity index (χ0) is 16.4. The molecule has 1 fully saturated rings. The topological polar surface area (TPSA) is 74.7 Å². The molecule has 1 atom stereocenters. The van der Waals surface area contributed by atoms with Crippen molar-refractivity contribution in [2.24, 2.45) is 0 Å². The number of nitrogens with zero attached hydrogens (tertiary/aromatic N) is 2. The number of hydrogen-bond donors (Lipinski definition) is 2. The minimum atomic E-state index is -1.07. The molecule has 0 unspecified atom stereocenters. The molecule has 2 heterocycles. The molecular weight excluding hydrogens is 294 g/mol. The number of pyridine rings is 1. The molecule has 2 N–H and O–H groups in total. The third-order valence-corrected chi connectivity index (χ3v) is 4.21. The van der Waals surface area contributed by atoms with Crippen LogP contribution in [-0.4, -0.2) is 42.5 Å². The number of carboxylic acid groups (broad SMARTS) is 1. The Morgan fingerprint density at radius 3 is 3.04 bits per heavy atom. The average Bonchev–Trinajstić information content (AvgIpc) is 2.94. The molecule has 0 aliphatic carbocycles. The van der Waals surface area contributed by atoms with Crippen molar-refractivity contribution >= 4 is 28.4 Å². The minimum absolute atomic E-state index is 0.377. The van der Waals surface area contributed by atoms with Gasteiger partial charge in [-0.1, -0.05) is 0 Å². The van der Waals surface area contributed by atoms with E-state index in [4.69, 9.17) is 9.84 Å². The molecule has 6 heteroatoms. The second kappa shape index (κ2) is 6.42. The first-order chi connectivity index (χ1) is 11.1. The molecule has 122 valence electrons. The van der Waals surface area contributed by atoms with Crippen LogP contribution in [0.25, 0.3) is 10.9 Å². The number of hydrogen-bond acceptors (Lipinski definition) is 4. The van der Waals surface area contributed by atoms with E-state index < -0.39 is 6.09 Å². The maximum atomic E-state index is 10.8. The largest absolute Gasteiger partial charge is 0.465 e.